The van der Waals surface area contributed by atoms with Crippen LogP contribution in [0.15, 0.2) is 0 Å². The van der Waals surface area contributed by atoms with Gasteiger partial charge in [0.2, 0.25) is 0 Å². The summed E-state index contributed by atoms with van der Waals surface area (Å²) in [5.74, 6) is 0. The van der Waals surface area contributed by atoms with Crippen LogP contribution in [0.3, 0.4) is 0 Å². The summed E-state index contributed by atoms with van der Waals surface area (Å²) in [4.78, 5) is -0.00245. The van der Waals surface area contributed by atoms with E-state index >= 15 is 0 Å². The Labute approximate surface area is 104 Å². The Morgan fingerprint density at radius 2 is 1.50 bits per heavy atom. The Balaban J connectivity index is 4.86. The van der Waals surface area contributed by atoms with Gasteiger partial charge in [-0.1, -0.05) is 6.92 Å². The number of hydrogen-bond donors (Lipinski definition) is 0. The first kappa shape index (κ1) is 15.9. The summed E-state index contributed by atoms with van der Waals surface area (Å²) in [7, 11) is -2.71. The highest BCUT2D eigenvalue weighted by Gasteiger charge is 2.49. The average molecular weight is 263 g/mol. The number of nitrogens with zero attached hydrogens (tertiary/aromatic N) is 1. The second-order valence-electron chi connectivity index (χ2n) is 3.01. The fraction of sp³-hybridized carbons (Fsp3) is 0.900. The van der Waals surface area contributed by atoms with Gasteiger partial charge in [0.15, 0.2) is 0 Å². The van der Waals surface area contributed by atoms with Gasteiger partial charge in [-0.05, 0) is 39.0 Å². The van der Waals surface area contributed by atoms with Crippen molar-refractivity contribution < 1.29 is 13.3 Å². The standard InChI is InChI=1S/C10H21NO3SSi/c1-5-10(15-9-11)16(12-6-2,13-7-3)14-8-4/h10H,5-8H2,1-4H3. The van der Waals surface area contributed by atoms with E-state index in [0.29, 0.717) is 19.8 Å². The lowest BCUT2D eigenvalue weighted by Gasteiger charge is -2.33. The zero-order valence-corrected chi connectivity index (χ0v) is 12.3. The SMILES string of the molecule is CCO[Si](OCC)(OCC)C(CC)SC#N. The molecule has 1 unspecified atom stereocenters. The molecule has 0 aromatic carbocycles. The summed E-state index contributed by atoms with van der Waals surface area (Å²) in [6.07, 6.45) is 0.810. The van der Waals surface area contributed by atoms with E-state index < -0.39 is 8.80 Å². The molecule has 0 N–H and O–H groups in total. The molecule has 0 aliphatic carbocycles. The van der Waals surface area contributed by atoms with Crippen LogP contribution in [0.2, 0.25) is 0 Å². The first-order valence-corrected chi connectivity index (χ1v) is 8.35. The largest absolute Gasteiger partial charge is 0.515 e. The van der Waals surface area contributed by atoms with Crippen LogP contribution >= 0.6 is 11.8 Å². The number of rotatable bonds is 9. The Morgan fingerprint density at radius 3 is 1.75 bits per heavy atom. The van der Waals surface area contributed by atoms with Crippen LogP contribution in [0.4, 0.5) is 0 Å². The van der Waals surface area contributed by atoms with Gasteiger partial charge in [-0.2, -0.15) is 5.26 Å². The third-order valence-corrected chi connectivity index (χ3v) is 7.21. The topological polar surface area (TPSA) is 51.5 Å². The molecule has 94 valence electrons. The third kappa shape index (κ3) is 4.43. The number of thioether (sulfide) groups is 1. The molecule has 0 aromatic heterocycles. The van der Waals surface area contributed by atoms with Crippen LogP contribution in [0, 0.1) is 10.7 Å². The minimum absolute atomic E-state index is 0.00245. The lowest BCUT2D eigenvalue weighted by atomic mass is 10.6. The molecule has 1 atom stereocenters. The highest BCUT2D eigenvalue weighted by Crippen LogP contribution is 2.27. The molecule has 0 heterocycles. The van der Waals surface area contributed by atoms with Gasteiger partial charge in [0.25, 0.3) is 0 Å². The molecule has 0 rings (SSSR count). The summed E-state index contributed by atoms with van der Waals surface area (Å²) in [6.45, 7) is 9.43. The van der Waals surface area contributed by atoms with Crippen LogP contribution in [0.25, 0.3) is 0 Å². The Bertz CT molecular complexity index is 206. The van der Waals surface area contributed by atoms with Gasteiger partial charge >= 0.3 is 8.80 Å². The van der Waals surface area contributed by atoms with Gasteiger partial charge in [-0.3, -0.25) is 0 Å². The normalized spacial score (nSPS) is 13.4. The molecule has 6 heteroatoms. The van der Waals surface area contributed by atoms with Crippen molar-refractivity contribution in [3.63, 3.8) is 0 Å². The lowest BCUT2D eigenvalue weighted by molar-refractivity contribution is 0.0693. The molecule has 0 amide bonds. The van der Waals surface area contributed by atoms with Crippen LogP contribution in [-0.2, 0) is 13.3 Å². The predicted molar refractivity (Wildman–Crippen MR) is 67.9 cm³/mol. The van der Waals surface area contributed by atoms with E-state index in [1.165, 1.54) is 11.8 Å². The first-order valence-electron chi connectivity index (χ1n) is 5.67. The van der Waals surface area contributed by atoms with Crippen molar-refractivity contribution >= 4 is 20.6 Å². The predicted octanol–water partition coefficient (Wildman–Crippen LogP) is 2.57. The zero-order chi connectivity index (χ0) is 12.4. The van der Waals surface area contributed by atoms with E-state index in [1.807, 2.05) is 27.7 Å². The van der Waals surface area contributed by atoms with Gasteiger partial charge in [-0.15, -0.1) is 0 Å². The summed E-state index contributed by atoms with van der Waals surface area (Å²) < 4.78 is 17.2. The average Bonchev–Trinajstić information content (AvgIpc) is 2.26. The highest BCUT2D eigenvalue weighted by atomic mass is 32.2. The monoisotopic (exact) mass is 263 g/mol. The zero-order valence-electron chi connectivity index (χ0n) is 10.5. The Morgan fingerprint density at radius 1 is 1.06 bits per heavy atom. The van der Waals surface area contributed by atoms with Crippen LogP contribution < -0.4 is 0 Å². The molecule has 0 radical (unpaired) electrons. The maximum Gasteiger partial charge on any atom is 0.515 e. The molecule has 0 fully saturated rings. The molecule has 0 saturated heterocycles. The van der Waals surface area contributed by atoms with E-state index in [0.717, 1.165) is 6.42 Å². The first-order chi connectivity index (χ1) is 7.70. The van der Waals surface area contributed by atoms with Gasteiger partial charge in [-0.25, -0.2) is 0 Å². The van der Waals surface area contributed by atoms with E-state index in [9.17, 15) is 0 Å². The van der Waals surface area contributed by atoms with Crippen LogP contribution in [0.5, 0.6) is 0 Å². The maximum absolute atomic E-state index is 8.80. The smallest absolute Gasteiger partial charge is 0.373 e. The maximum atomic E-state index is 8.80. The number of thiocyanates is 1. The molecule has 0 spiro atoms. The van der Waals surface area contributed by atoms with E-state index in [1.54, 1.807) is 0 Å². The van der Waals surface area contributed by atoms with Crippen molar-refractivity contribution in [3.8, 4) is 5.40 Å². The molecular formula is C10H21NO3SSi. The van der Waals surface area contributed by atoms with Crippen molar-refractivity contribution in [2.75, 3.05) is 19.8 Å². The third-order valence-electron chi connectivity index (χ3n) is 2.00. The molecule has 0 saturated carbocycles. The van der Waals surface area contributed by atoms with Crippen molar-refractivity contribution in [3.05, 3.63) is 0 Å². The van der Waals surface area contributed by atoms with E-state index in [-0.39, 0.29) is 4.87 Å². The molecule has 0 aromatic rings. The van der Waals surface area contributed by atoms with Crippen molar-refractivity contribution in [1.29, 1.82) is 5.26 Å². The minimum atomic E-state index is -2.71. The quantitative estimate of drug-likeness (QED) is 0.473. The fourth-order valence-corrected chi connectivity index (χ4v) is 5.63. The van der Waals surface area contributed by atoms with Gasteiger partial charge in [0.1, 0.15) is 5.40 Å². The molecule has 16 heavy (non-hydrogen) atoms. The molecule has 0 aliphatic heterocycles. The van der Waals surface area contributed by atoms with Gasteiger partial charge in [0.05, 0.1) is 4.87 Å². The minimum Gasteiger partial charge on any atom is -0.373 e. The molecule has 0 aliphatic rings. The molecule has 4 nitrogen and oxygen atoms in total. The van der Waals surface area contributed by atoms with Crippen LogP contribution in [0.1, 0.15) is 34.1 Å². The van der Waals surface area contributed by atoms with Gasteiger partial charge < -0.3 is 13.3 Å². The van der Waals surface area contributed by atoms with Crippen LogP contribution in [-0.4, -0.2) is 33.5 Å². The summed E-state index contributed by atoms with van der Waals surface area (Å²) in [5, 5.41) is 10.9. The summed E-state index contributed by atoms with van der Waals surface area (Å²) in [6, 6.07) is 0. The van der Waals surface area contributed by atoms with E-state index in [4.69, 9.17) is 18.5 Å². The second-order valence-corrected chi connectivity index (χ2v) is 7.18. The number of nitriles is 1. The number of hydrogen-bond acceptors (Lipinski definition) is 5. The summed E-state index contributed by atoms with van der Waals surface area (Å²) in [5.41, 5.74) is 0. The second kappa shape index (κ2) is 9.02. The molecular weight excluding hydrogens is 242 g/mol. The molecule has 0 bridgehead atoms. The highest BCUT2D eigenvalue weighted by molar-refractivity contribution is 8.05. The van der Waals surface area contributed by atoms with Gasteiger partial charge in [0, 0.05) is 19.8 Å². The van der Waals surface area contributed by atoms with Crippen molar-refractivity contribution in [2.24, 2.45) is 0 Å². The fourth-order valence-electron chi connectivity index (χ4n) is 1.48. The summed E-state index contributed by atoms with van der Waals surface area (Å²) >= 11 is 1.20. The lowest BCUT2D eigenvalue weighted by Crippen LogP contribution is -2.55. The Hall–Kier alpha value is -0.0631. The van der Waals surface area contributed by atoms with Crippen molar-refractivity contribution in [1.82, 2.24) is 0 Å². The van der Waals surface area contributed by atoms with Crippen molar-refractivity contribution in [2.45, 2.75) is 39.0 Å². The van der Waals surface area contributed by atoms with E-state index in [2.05, 4.69) is 5.40 Å². The Kier molecular flexibility index (Phi) is 8.98.